The number of nitrogens with zero attached hydrogens (tertiary/aromatic N) is 2. The molecule has 0 aromatic carbocycles. The number of hydrogen-bond donors (Lipinski definition) is 1. The quantitative estimate of drug-likeness (QED) is 0.808. The van der Waals surface area contributed by atoms with Crippen LogP contribution in [-0.2, 0) is 6.54 Å². The molecular formula is C13H24ClN3. The molecular weight excluding hydrogens is 234 g/mol. The molecule has 98 valence electrons. The van der Waals surface area contributed by atoms with E-state index in [4.69, 9.17) is 17.3 Å². The van der Waals surface area contributed by atoms with Gasteiger partial charge in [-0.25, -0.2) is 0 Å². The molecule has 1 unspecified atom stereocenters. The minimum absolute atomic E-state index is 0.00449. The number of nitrogens with two attached hydrogens (primary N) is 1. The van der Waals surface area contributed by atoms with Crippen molar-refractivity contribution in [2.75, 3.05) is 0 Å². The Balaban J connectivity index is 2.90. The summed E-state index contributed by atoms with van der Waals surface area (Å²) in [7, 11) is 0. The fraction of sp³-hybridized carbons (Fsp3) is 0.769. The zero-order chi connectivity index (χ0) is 12.8. The summed E-state index contributed by atoms with van der Waals surface area (Å²) in [4.78, 5) is 0. The molecule has 4 heteroatoms. The van der Waals surface area contributed by atoms with Gasteiger partial charge in [-0.1, -0.05) is 38.3 Å². The van der Waals surface area contributed by atoms with E-state index >= 15 is 0 Å². The van der Waals surface area contributed by atoms with E-state index < -0.39 is 0 Å². The molecule has 0 fully saturated rings. The lowest BCUT2D eigenvalue weighted by molar-refractivity contribution is 0.352. The molecule has 0 radical (unpaired) electrons. The third-order valence-electron chi connectivity index (χ3n) is 3.28. The maximum Gasteiger partial charge on any atom is 0.0834 e. The highest BCUT2D eigenvalue weighted by Gasteiger charge is 2.23. The van der Waals surface area contributed by atoms with Crippen molar-refractivity contribution in [3.63, 3.8) is 0 Å². The minimum Gasteiger partial charge on any atom is -0.322 e. The maximum atomic E-state index is 6.39. The van der Waals surface area contributed by atoms with Gasteiger partial charge in [0.05, 0.1) is 23.0 Å². The molecule has 0 spiro atoms. The van der Waals surface area contributed by atoms with Crippen LogP contribution < -0.4 is 5.73 Å². The molecule has 0 aliphatic heterocycles. The fourth-order valence-electron chi connectivity index (χ4n) is 2.42. The van der Waals surface area contributed by atoms with Crippen LogP contribution in [0.3, 0.4) is 0 Å². The van der Waals surface area contributed by atoms with E-state index in [1.54, 1.807) is 6.20 Å². The van der Waals surface area contributed by atoms with Gasteiger partial charge in [0, 0.05) is 6.54 Å². The van der Waals surface area contributed by atoms with Gasteiger partial charge in [-0.05, 0) is 25.7 Å². The first kappa shape index (κ1) is 14.5. The summed E-state index contributed by atoms with van der Waals surface area (Å²) >= 11 is 6.20. The van der Waals surface area contributed by atoms with Gasteiger partial charge in [0.25, 0.3) is 0 Å². The number of rotatable bonds is 7. The molecule has 17 heavy (non-hydrogen) atoms. The third kappa shape index (κ3) is 3.46. The van der Waals surface area contributed by atoms with E-state index in [0.29, 0.717) is 10.9 Å². The first-order valence-electron chi connectivity index (χ1n) is 6.62. The molecule has 0 saturated heterocycles. The van der Waals surface area contributed by atoms with Gasteiger partial charge in [-0.2, -0.15) is 5.10 Å². The Labute approximate surface area is 109 Å². The molecule has 0 amide bonds. The Hall–Kier alpha value is -0.540. The van der Waals surface area contributed by atoms with Gasteiger partial charge < -0.3 is 5.73 Å². The van der Waals surface area contributed by atoms with Crippen molar-refractivity contribution in [2.45, 2.75) is 59.0 Å². The van der Waals surface area contributed by atoms with Gasteiger partial charge in [-0.3, -0.25) is 4.68 Å². The van der Waals surface area contributed by atoms with Gasteiger partial charge in [0.2, 0.25) is 0 Å². The van der Waals surface area contributed by atoms with Gasteiger partial charge in [-0.15, -0.1) is 0 Å². The second-order valence-corrected chi connectivity index (χ2v) is 4.96. The molecule has 2 N–H and O–H groups in total. The van der Waals surface area contributed by atoms with Crippen LogP contribution >= 0.6 is 11.6 Å². The van der Waals surface area contributed by atoms with E-state index in [1.165, 1.54) is 0 Å². The van der Waals surface area contributed by atoms with Crippen molar-refractivity contribution >= 4 is 11.6 Å². The van der Waals surface area contributed by atoms with Gasteiger partial charge in [0.1, 0.15) is 0 Å². The Bertz CT molecular complexity index is 329. The molecule has 3 nitrogen and oxygen atoms in total. The summed E-state index contributed by atoms with van der Waals surface area (Å²) in [5.41, 5.74) is 7.39. The number of aromatic nitrogens is 2. The largest absolute Gasteiger partial charge is 0.322 e. The highest BCUT2D eigenvalue weighted by molar-refractivity contribution is 6.31. The van der Waals surface area contributed by atoms with Crippen molar-refractivity contribution in [2.24, 2.45) is 11.7 Å². The zero-order valence-corrected chi connectivity index (χ0v) is 11.9. The summed E-state index contributed by atoms with van der Waals surface area (Å²) in [5, 5.41) is 4.97. The lowest BCUT2D eigenvalue weighted by Gasteiger charge is -2.24. The van der Waals surface area contributed by atoms with Crippen molar-refractivity contribution in [3.8, 4) is 0 Å². The van der Waals surface area contributed by atoms with E-state index in [2.05, 4.69) is 25.9 Å². The Morgan fingerprint density at radius 2 is 1.88 bits per heavy atom. The summed E-state index contributed by atoms with van der Waals surface area (Å²) in [6.45, 7) is 7.29. The van der Waals surface area contributed by atoms with Gasteiger partial charge >= 0.3 is 0 Å². The van der Waals surface area contributed by atoms with Crippen LogP contribution in [-0.4, -0.2) is 9.78 Å². The Kier molecular flexibility index (Phi) is 6.00. The Morgan fingerprint density at radius 3 is 2.35 bits per heavy atom. The fourth-order valence-corrected chi connectivity index (χ4v) is 2.69. The van der Waals surface area contributed by atoms with E-state index in [1.807, 2.05) is 4.68 Å². The van der Waals surface area contributed by atoms with Crippen LogP contribution in [0, 0.1) is 5.92 Å². The first-order chi connectivity index (χ1) is 8.15. The number of aryl methyl sites for hydroxylation is 1. The van der Waals surface area contributed by atoms with Gasteiger partial charge in [0.15, 0.2) is 0 Å². The van der Waals surface area contributed by atoms with E-state index in [0.717, 1.165) is 37.9 Å². The van der Waals surface area contributed by atoms with Crippen molar-refractivity contribution in [1.29, 1.82) is 0 Å². The summed E-state index contributed by atoms with van der Waals surface area (Å²) in [5.74, 6) is 0.504. The molecule has 1 rings (SSSR count). The maximum absolute atomic E-state index is 6.39. The van der Waals surface area contributed by atoms with E-state index in [-0.39, 0.29) is 6.04 Å². The molecule has 1 aromatic heterocycles. The van der Waals surface area contributed by atoms with Crippen LogP contribution in [0.5, 0.6) is 0 Å². The smallest absolute Gasteiger partial charge is 0.0834 e. The molecule has 1 heterocycles. The van der Waals surface area contributed by atoms with E-state index in [9.17, 15) is 0 Å². The summed E-state index contributed by atoms with van der Waals surface area (Å²) < 4.78 is 1.92. The Morgan fingerprint density at radius 1 is 1.29 bits per heavy atom. The molecule has 0 aliphatic rings. The average molecular weight is 258 g/mol. The molecule has 0 aliphatic carbocycles. The topological polar surface area (TPSA) is 43.8 Å². The molecule has 0 bridgehead atoms. The monoisotopic (exact) mass is 257 g/mol. The van der Waals surface area contributed by atoms with Crippen LogP contribution in [0.25, 0.3) is 0 Å². The molecule has 1 atom stereocenters. The summed E-state index contributed by atoms with van der Waals surface area (Å²) in [6, 6.07) is 0.00449. The SMILES string of the molecule is CCCC(CCC)C(N)c1c(Cl)cnn1CC. The predicted octanol–water partition coefficient (Wildman–Crippen LogP) is 3.77. The first-order valence-corrected chi connectivity index (χ1v) is 7.00. The van der Waals surface area contributed by atoms with Crippen LogP contribution in [0.1, 0.15) is 58.2 Å². The second-order valence-electron chi connectivity index (χ2n) is 4.56. The summed E-state index contributed by atoms with van der Waals surface area (Å²) in [6.07, 6.45) is 6.34. The predicted molar refractivity (Wildman–Crippen MR) is 73.1 cm³/mol. The zero-order valence-electron chi connectivity index (χ0n) is 11.1. The minimum atomic E-state index is 0.00449. The lowest BCUT2D eigenvalue weighted by Crippen LogP contribution is -2.25. The van der Waals surface area contributed by atoms with Crippen LogP contribution in [0.4, 0.5) is 0 Å². The van der Waals surface area contributed by atoms with Crippen molar-refractivity contribution < 1.29 is 0 Å². The highest BCUT2D eigenvalue weighted by Crippen LogP contribution is 2.31. The van der Waals surface area contributed by atoms with Crippen LogP contribution in [0.15, 0.2) is 6.20 Å². The highest BCUT2D eigenvalue weighted by atomic mass is 35.5. The normalized spacial score (nSPS) is 13.3. The number of hydrogen-bond acceptors (Lipinski definition) is 2. The molecule has 1 aromatic rings. The third-order valence-corrected chi connectivity index (χ3v) is 3.57. The standard InChI is InChI=1S/C13H24ClN3/c1-4-7-10(8-5-2)12(15)13-11(14)9-16-17(13)6-3/h9-10,12H,4-8,15H2,1-3H3. The van der Waals surface area contributed by atoms with Crippen molar-refractivity contribution in [1.82, 2.24) is 9.78 Å². The lowest BCUT2D eigenvalue weighted by atomic mass is 9.89. The van der Waals surface area contributed by atoms with Crippen molar-refractivity contribution in [3.05, 3.63) is 16.9 Å². The molecule has 0 saturated carbocycles. The number of halogens is 1. The average Bonchev–Trinajstić information content (AvgIpc) is 2.69. The van der Waals surface area contributed by atoms with Crippen LogP contribution in [0.2, 0.25) is 5.02 Å². The second kappa shape index (κ2) is 7.02.